The van der Waals surface area contributed by atoms with Crippen LogP contribution in [0.25, 0.3) is 0 Å². The Bertz CT molecular complexity index is 357. The molecule has 2 N–H and O–H groups in total. The van der Waals surface area contributed by atoms with Crippen LogP contribution in [-0.4, -0.2) is 45.7 Å². The third kappa shape index (κ3) is 4.52. The molecular weight excluding hydrogens is 234 g/mol. The molecule has 5 nitrogen and oxygen atoms in total. The summed E-state index contributed by atoms with van der Waals surface area (Å²) in [7, 11) is 5.01. The lowest BCUT2D eigenvalue weighted by Crippen LogP contribution is -2.22. The zero-order valence-corrected chi connectivity index (χ0v) is 11.1. The monoisotopic (exact) mass is 255 g/mol. The molecular formula is C13H21NO4. The van der Waals surface area contributed by atoms with E-state index in [0.717, 1.165) is 12.1 Å². The van der Waals surface area contributed by atoms with Crippen molar-refractivity contribution in [3.63, 3.8) is 0 Å². The van der Waals surface area contributed by atoms with Gasteiger partial charge in [-0.15, -0.1) is 0 Å². The number of hydrogen-bond acceptors (Lipinski definition) is 5. The lowest BCUT2D eigenvalue weighted by atomic mass is 10.2. The van der Waals surface area contributed by atoms with Crippen LogP contribution in [0.1, 0.15) is 5.56 Å². The number of rotatable bonds is 8. The summed E-state index contributed by atoms with van der Waals surface area (Å²) < 4.78 is 15.6. The summed E-state index contributed by atoms with van der Waals surface area (Å²) in [5, 5.41) is 12.6. The van der Waals surface area contributed by atoms with Gasteiger partial charge in [-0.1, -0.05) is 6.07 Å². The molecule has 0 aromatic heterocycles. The predicted octanol–water partition coefficient (Wildman–Crippen LogP) is 0.801. The molecule has 1 rings (SSSR count). The van der Waals surface area contributed by atoms with E-state index in [2.05, 4.69) is 5.32 Å². The van der Waals surface area contributed by atoms with E-state index in [1.54, 1.807) is 7.11 Å². The first-order chi connectivity index (χ1) is 8.71. The molecule has 0 aliphatic rings. The Labute approximate surface area is 108 Å². The van der Waals surface area contributed by atoms with Gasteiger partial charge in [0.05, 0.1) is 13.7 Å². The summed E-state index contributed by atoms with van der Waals surface area (Å²) in [6.07, 6.45) is -0.646. The first kappa shape index (κ1) is 14.8. The van der Waals surface area contributed by atoms with E-state index in [9.17, 15) is 5.11 Å². The van der Waals surface area contributed by atoms with Crippen molar-refractivity contribution < 1.29 is 19.3 Å². The summed E-state index contributed by atoms with van der Waals surface area (Å²) in [4.78, 5) is 0. The summed E-state index contributed by atoms with van der Waals surface area (Å²) in [5.74, 6) is 1.28. The highest BCUT2D eigenvalue weighted by Gasteiger charge is 2.09. The topological polar surface area (TPSA) is 60.0 Å². The third-order valence-corrected chi connectivity index (χ3v) is 2.40. The van der Waals surface area contributed by atoms with Gasteiger partial charge in [-0.25, -0.2) is 0 Å². The summed E-state index contributed by atoms with van der Waals surface area (Å²) in [6.45, 7) is 1.17. The largest absolute Gasteiger partial charge is 0.493 e. The molecule has 0 aliphatic carbocycles. The molecule has 0 fully saturated rings. The Kier molecular flexibility index (Phi) is 6.49. The minimum Gasteiger partial charge on any atom is -0.493 e. The summed E-state index contributed by atoms with van der Waals surface area (Å²) >= 11 is 0. The summed E-state index contributed by atoms with van der Waals surface area (Å²) in [5.41, 5.74) is 1.09. The molecule has 102 valence electrons. The number of hydrogen-bond donors (Lipinski definition) is 2. The van der Waals surface area contributed by atoms with Crippen LogP contribution in [0.3, 0.4) is 0 Å². The van der Waals surface area contributed by atoms with Gasteiger partial charge in [0, 0.05) is 13.7 Å². The van der Waals surface area contributed by atoms with Crippen molar-refractivity contribution in [1.82, 2.24) is 5.32 Å². The van der Waals surface area contributed by atoms with Crippen LogP contribution in [-0.2, 0) is 11.3 Å². The number of benzene rings is 1. The second-order valence-corrected chi connectivity index (χ2v) is 3.94. The van der Waals surface area contributed by atoms with E-state index in [4.69, 9.17) is 14.2 Å². The zero-order valence-electron chi connectivity index (χ0n) is 11.1. The van der Waals surface area contributed by atoms with Crippen molar-refractivity contribution in [3.8, 4) is 11.5 Å². The maximum absolute atomic E-state index is 9.54. The molecule has 0 spiro atoms. The first-order valence-electron chi connectivity index (χ1n) is 5.82. The fourth-order valence-corrected chi connectivity index (χ4v) is 1.57. The Morgan fingerprint density at radius 1 is 1.22 bits per heavy atom. The van der Waals surface area contributed by atoms with Crippen LogP contribution in [0, 0.1) is 0 Å². The Balaban J connectivity index is 2.68. The van der Waals surface area contributed by atoms with Gasteiger partial charge < -0.3 is 24.6 Å². The van der Waals surface area contributed by atoms with Crippen molar-refractivity contribution in [2.45, 2.75) is 12.6 Å². The minimum atomic E-state index is -0.646. The molecule has 0 bridgehead atoms. The van der Waals surface area contributed by atoms with Crippen molar-refractivity contribution in [2.24, 2.45) is 0 Å². The Morgan fingerprint density at radius 2 is 2.00 bits per heavy atom. The predicted molar refractivity (Wildman–Crippen MR) is 69.1 cm³/mol. The summed E-state index contributed by atoms with van der Waals surface area (Å²) in [6, 6.07) is 5.72. The van der Waals surface area contributed by atoms with E-state index in [1.807, 2.05) is 25.2 Å². The van der Waals surface area contributed by atoms with Gasteiger partial charge >= 0.3 is 0 Å². The third-order valence-electron chi connectivity index (χ3n) is 2.40. The number of aliphatic hydroxyl groups is 1. The zero-order chi connectivity index (χ0) is 13.4. The van der Waals surface area contributed by atoms with E-state index >= 15 is 0 Å². The number of nitrogens with one attached hydrogen (secondary N) is 1. The van der Waals surface area contributed by atoms with E-state index in [0.29, 0.717) is 11.5 Å². The van der Waals surface area contributed by atoms with Crippen LogP contribution in [0.2, 0.25) is 0 Å². The fourth-order valence-electron chi connectivity index (χ4n) is 1.57. The van der Waals surface area contributed by atoms with Crippen LogP contribution >= 0.6 is 0 Å². The second kappa shape index (κ2) is 7.92. The molecule has 18 heavy (non-hydrogen) atoms. The number of ether oxygens (including phenoxy) is 3. The molecule has 0 radical (unpaired) electrons. The van der Waals surface area contributed by atoms with Gasteiger partial charge in [0.25, 0.3) is 0 Å². The lowest BCUT2D eigenvalue weighted by molar-refractivity contribution is 0.0319. The van der Waals surface area contributed by atoms with Crippen LogP contribution < -0.4 is 14.8 Å². The van der Waals surface area contributed by atoms with Gasteiger partial charge in [-0.2, -0.15) is 0 Å². The molecule has 0 aliphatic heterocycles. The first-order valence-corrected chi connectivity index (χ1v) is 5.82. The highest BCUT2D eigenvalue weighted by atomic mass is 16.5. The second-order valence-electron chi connectivity index (χ2n) is 3.94. The van der Waals surface area contributed by atoms with Gasteiger partial charge in [-0.3, -0.25) is 0 Å². The molecule has 0 heterocycles. The average molecular weight is 255 g/mol. The maximum Gasteiger partial charge on any atom is 0.161 e. The van der Waals surface area contributed by atoms with Crippen molar-refractivity contribution in [2.75, 3.05) is 34.5 Å². The number of aliphatic hydroxyl groups excluding tert-OH is 1. The standard InChI is InChI=1S/C13H21NO4/c1-14-7-10-4-5-12(17-3)13(6-10)18-9-11(15)8-16-2/h4-6,11,14-15H,7-9H2,1-3H3. The van der Waals surface area contributed by atoms with Gasteiger partial charge in [-0.05, 0) is 24.7 Å². The highest BCUT2D eigenvalue weighted by Crippen LogP contribution is 2.28. The Hall–Kier alpha value is -1.30. The normalized spacial score (nSPS) is 12.2. The highest BCUT2D eigenvalue weighted by molar-refractivity contribution is 5.42. The van der Waals surface area contributed by atoms with E-state index in [-0.39, 0.29) is 13.2 Å². The molecule has 0 amide bonds. The fraction of sp³-hybridized carbons (Fsp3) is 0.538. The molecule has 0 saturated heterocycles. The van der Waals surface area contributed by atoms with Crippen molar-refractivity contribution in [3.05, 3.63) is 23.8 Å². The van der Waals surface area contributed by atoms with Gasteiger partial charge in [0.1, 0.15) is 12.7 Å². The van der Waals surface area contributed by atoms with Crippen LogP contribution in [0.15, 0.2) is 18.2 Å². The maximum atomic E-state index is 9.54. The lowest BCUT2D eigenvalue weighted by Gasteiger charge is -2.15. The van der Waals surface area contributed by atoms with Crippen molar-refractivity contribution >= 4 is 0 Å². The van der Waals surface area contributed by atoms with E-state index in [1.165, 1.54) is 7.11 Å². The molecule has 1 aromatic carbocycles. The van der Waals surface area contributed by atoms with Crippen LogP contribution in [0.4, 0.5) is 0 Å². The SMILES string of the molecule is CNCc1ccc(OC)c(OCC(O)COC)c1. The molecule has 1 atom stereocenters. The molecule has 0 saturated carbocycles. The van der Waals surface area contributed by atoms with E-state index < -0.39 is 6.10 Å². The molecule has 5 heteroatoms. The van der Waals surface area contributed by atoms with Gasteiger partial charge in [0.15, 0.2) is 11.5 Å². The van der Waals surface area contributed by atoms with Gasteiger partial charge in [0.2, 0.25) is 0 Å². The molecule has 1 aromatic rings. The molecule has 1 unspecified atom stereocenters. The van der Waals surface area contributed by atoms with Crippen molar-refractivity contribution in [1.29, 1.82) is 0 Å². The number of methoxy groups -OCH3 is 2. The average Bonchev–Trinajstić information content (AvgIpc) is 2.37. The minimum absolute atomic E-state index is 0.174. The smallest absolute Gasteiger partial charge is 0.161 e. The Morgan fingerprint density at radius 3 is 2.61 bits per heavy atom. The quantitative estimate of drug-likeness (QED) is 0.719. The van der Waals surface area contributed by atoms with Crippen LogP contribution in [0.5, 0.6) is 11.5 Å².